The Hall–Kier alpha value is -1.69. The van der Waals surface area contributed by atoms with Crippen molar-refractivity contribution in [3.8, 4) is 0 Å². The van der Waals surface area contributed by atoms with E-state index in [4.69, 9.17) is 9.84 Å². The maximum atomic E-state index is 13.3. The highest BCUT2D eigenvalue weighted by Gasteiger charge is 2.21. The number of aliphatic hydroxyl groups excluding tert-OH is 1. The fourth-order valence-corrected chi connectivity index (χ4v) is 1.84. The molecule has 0 spiro atoms. The molecule has 0 heterocycles. The Morgan fingerprint density at radius 1 is 1.29 bits per heavy atom. The molecule has 0 radical (unpaired) electrons. The lowest BCUT2D eigenvalue weighted by Gasteiger charge is -2.24. The van der Waals surface area contributed by atoms with E-state index in [2.05, 4.69) is 5.32 Å². The molecule has 1 amide bonds. The molecule has 1 rings (SSSR count). The first kappa shape index (κ1) is 17.4. The number of aliphatic hydroxyl groups is 1. The van der Waals surface area contributed by atoms with Gasteiger partial charge in [0, 0.05) is 12.7 Å². The van der Waals surface area contributed by atoms with Gasteiger partial charge in [-0.2, -0.15) is 0 Å². The maximum Gasteiger partial charge on any atom is 0.408 e. The predicted molar refractivity (Wildman–Crippen MR) is 74.8 cm³/mol. The zero-order valence-corrected chi connectivity index (χ0v) is 12.5. The van der Waals surface area contributed by atoms with Gasteiger partial charge in [-0.3, -0.25) is 0 Å². The molecule has 0 saturated carbocycles. The van der Waals surface area contributed by atoms with Crippen molar-refractivity contribution in [1.29, 1.82) is 0 Å². The lowest BCUT2D eigenvalue weighted by molar-refractivity contribution is 0.0498. The quantitative estimate of drug-likeness (QED) is 0.877. The van der Waals surface area contributed by atoms with Crippen LogP contribution in [0.4, 0.5) is 13.6 Å². The zero-order valence-electron chi connectivity index (χ0n) is 12.5. The van der Waals surface area contributed by atoms with Crippen molar-refractivity contribution in [3.05, 3.63) is 35.4 Å². The molecule has 21 heavy (non-hydrogen) atoms. The van der Waals surface area contributed by atoms with Gasteiger partial charge < -0.3 is 15.2 Å². The average molecular weight is 301 g/mol. The van der Waals surface area contributed by atoms with Crippen LogP contribution < -0.4 is 5.32 Å². The summed E-state index contributed by atoms with van der Waals surface area (Å²) < 4.78 is 31.7. The molecule has 0 aromatic heterocycles. The number of rotatable bonds is 5. The van der Waals surface area contributed by atoms with Gasteiger partial charge in [0.1, 0.15) is 17.2 Å². The molecule has 1 aromatic rings. The number of amides is 1. The van der Waals surface area contributed by atoms with Gasteiger partial charge in [-0.05, 0) is 51.3 Å². The van der Waals surface area contributed by atoms with Crippen molar-refractivity contribution in [2.45, 2.75) is 45.3 Å². The maximum absolute atomic E-state index is 13.3. The second-order valence-electron chi connectivity index (χ2n) is 5.77. The number of ether oxygens (including phenoxy) is 1. The summed E-state index contributed by atoms with van der Waals surface area (Å²) >= 11 is 0. The number of hydrogen-bond donors (Lipinski definition) is 2. The number of nitrogens with one attached hydrogen (secondary N) is 1. The third kappa shape index (κ3) is 6.53. The number of benzene rings is 1. The van der Waals surface area contributed by atoms with E-state index >= 15 is 0 Å². The second-order valence-corrected chi connectivity index (χ2v) is 5.77. The molecule has 0 fully saturated rings. The molecular weight excluding hydrogens is 280 g/mol. The molecule has 6 heteroatoms. The number of carbonyl (C=O) groups is 1. The second kappa shape index (κ2) is 7.36. The van der Waals surface area contributed by atoms with Crippen LogP contribution in [0.3, 0.4) is 0 Å². The van der Waals surface area contributed by atoms with Crippen LogP contribution in [0.25, 0.3) is 0 Å². The van der Waals surface area contributed by atoms with Gasteiger partial charge in [0.05, 0.1) is 6.04 Å². The Labute approximate surface area is 123 Å². The third-order valence-electron chi connectivity index (χ3n) is 2.63. The topological polar surface area (TPSA) is 58.6 Å². The van der Waals surface area contributed by atoms with Crippen LogP contribution in [-0.2, 0) is 4.74 Å². The Morgan fingerprint density at radius 3 is 2.33 bits per heavy atom. The molecule has 0 saturated heterocycles. The van der Waals surface area contributed by atoms with E-state index in [0.717, 1.165) is 18.2 Å². The first-order chi connectivity index (χ1) is 9.71. The fourth-order valence-electron chi connectivity index (χ4n) is 1.84. The molecule has 4 nitrogen and oxygen atoms in total. The molecule has 1 aromatic carbocycles. The number of hydrogen-bond acceptors (Lipinski definition) is 3. The predicted octanol–water partition coefficient (Wildman–Crippen LogP) is 3.30. The first-order valence-corrected chi connectivity index (χ1v) is 6.77. The van der Waals surface area contributed by atoms with Crippen LogP contribution in [0.5, 0.6) is 0 Å². The zero-order chi connectivity index (χ0) is 16.0. The monoisotopic (exact) mass is 301 g/mol. The molecular formula is C15H21F2NO3. The van der Waals surface area contributed by atoms with Gasteiger partial charge in [0.2, 0.25) is 0 Å². The first-order valence-electron chi connectivity index (χ1n) is 6.77. The van der Waals surface area contributed by atoms with Crippen molar-refractivity contribution in [1.82, 2.24) is 5.32 Å². The van der Waals surface area contributed by atoms with Crippen LogP contribution in [0.15, 0.2) is 18.2 Å². The van der Waals surface area contributed by atoms with Crippen molar-refractivity contribution < 1.29 is 23.4 Å². The van der Waals surface area contributed by atoms with E-state index in [0.29, 0.717) is 18.4 Å². The summed E-state index contributed by atoms with van der Waals surface area (Å²) in [4.78, 5) is 11.8. The SMILES string of the molecule is CC(C)(C)OC(=O)N[C@@H](CCCO)c1cc(F)cc(F)c1. The minimum Gasteiger partial charge on any atom is -0.444 e. The molecule has 1 atom stereocenters. The Balaban J connectivity index is 2.87. The summed E-state index contributed by atoms with van der Waals surface area (Å²) in [6.45, 7) is 5.08. The Bertz CT molecular complexity index is 466. The highest BCUT2D eigenvalue weighted by molar-refractivity contribution is 5.68. The van der Waals surface area contributed by atoms with Crippen LogP contribution in [-0.4, -0.2) is 23.4 Å². The Morgan fingerprint density at radius 2 is 1.86 bits per heavy atom. The van der Waals surface area contributed by atoms with Crippen molar-refractivity contribution in [2.75, 3.05) is 6.61 Å². The third-order valence-corrected chi connectivity index (χ3v) is 2.63. The van der Waals surface area contributed by atoms with Gasteiger partial charge in [-0.15, -0.1) is 0 Å². The molecule has 0 bridgehead atoms. The van der Waals surface area contributed by atoms with Crippen LogP contribution >= 0.6 is 0 Å². The lowest BCUT2D eigenvalue weighted by atomic mass is 10.0. The van der Waals surface area contributed by atoms with E-state index in [1.807, 2.05) is 0 Å². The highest BCUT2D eigenvalue weighted by Crippen LogP contribution is 2.21. The van der Waals surface area contributed by atoms with Crippen LogP contribution in [0.1, 0.15) is 45.2 Å². The van der Waals surface area contributed by atoms with Gasteiger partial charge in [-0.25, -0.2) is 13.6 Å². The minimum atomic E-state index is -0.718. The fraction of sp³-hybridized carbons (Fsp3) is 0.533. The average Bonchev–Trinajstić information content (AvgIpc) is 2.30. The number of halogens is 2. The summed E-state index contributed by atoms with van der Waals surface area (Å²) in [5.74, 6) is -1.44. The van der Waals surface area contributed by atoms with E-state index in [1.54, 1.807) is 20.8 Å². The van der Waals surface area contributed by atoms with E-state index in [9.17, 15) is 13.6 Å². The van der Waals surface area contributed by atoms with Gasteiger partial charge in [-0.1, -0.05) is 0 Å². The molecule has 0 unspecified atom stereocenters. The van der Waals surface area contributed by atoms with E-state index in [-0.39, 0.29) is 6.61 Å². The van der Waals surface area contributed by atoms with Crippen LogP contribution in [0, 0.1) is 11.6 Å². The van der Waals surface area contributed by atoms with Crippen molar-refractivity contribution >= 4 is 6.09 Å². The van der Waals surface area contributed by atoms with Gasteiger partial charge >= 0.3 is 6.09 Å². The molecule has 0 aliphatic carbocycles. The summed E-state index contributed by atoms with van der Waals surface area (Å²) in [7, 11) is 0. The normalized spacial score (nSPS) is 12.9. The summed E-state index contributed by atoms with van der Waals surface area (Å²) in [6.07, 6.45) is 0.0622. The smallest absolute Gasteiger partial charge is 0.408 e. The largest absolute Gasteiger partial charge is 0.444 e. The molecule has 118 valence electrons. The lowest BCUT2D eigenvalue weighted by Crippen LogP contribution is -2.35. The number of carbonyl (C=O) groups excluding carboxylic acids is 1. The summed E-state index contributed by atoms with van der Waals surface area (Å²) in [5.41, 5.74) is -0.370. The molecule has 0 aliphatic rings. The Kier molecular flexibility index (Phi) is 6.08. The van der Waals surface area contributed by atoms with Crippen LogP contribution in [0.2, 0.25) is 0 Å². The van der Waals surface area contributed by atoms with Gasteiger partial charge in [0.25, 0.3) is 0 Å². The van der Waals surface area contributed by atoms with E-state index in [1.165, 1.54) is 0 Å². The van der Waals surface area contributed by atoms with Crippen molar-refractivity contribution in [3.63, 3.8) is 0 Å². The molecule has 0 aliphatic heterocycles. The highest BCUT2D eigenvalue weighted by atomic mass is 19.1. The summed E-state index contributed by atoms with van der Waals surface area (Å²) in [6, 6.07) is 2.45. The standard InChI is InChI=1S/C15H21F2NO3/c1-15(2,3)21-14(20)18-13(5-4-6-19)10-7-11(16)9-12(17)8-10/h7-9,13,19H,4-6H2,1-3H3,(H,18,20)/t13-/m0/s1. The van der Waals surface area contributed by atoms with Crippen molar-refractivity contribution in [2.24, 2.45) is 0 Å². The van der Waals surface area contributed by atoms with Gasteiger partial charge in [0.15, 0.2) is 0 Å². The van der Waals surface area contributed by atoms with E-state index < -0.39 is 29.4 Å². The number of alkyl carbamates (subject to hydrolysis) is 1. The summed E-state index contributed by atoms with van der Waals surface area (Å²) in [5, 5.41) is 11.5. The minimum absolute atomic E-state index is 0.0791. The molecule has 2 N–H and O–H groups in total.